The fourth-order valence-corrected chi connectivity index (χ4v) is 4.33. The van der Waals surface area contributed by atoms with Crippen molar-refractivity contribution in [3.8, 4) is 0 Å². The van der Waals surface area contributed by atoms with Gasteiger partial charge in [0.2, 0.25) is 21.8 Å². The number of anilines is 1. The number of amides is 2. The highest BCUT2D eigenvalue weighted by atomic mass is 32.2. The Morgan fingerprint density at radius 2 is 1.59 bits per heavy atom. The summed E-state index contributed by atoms with van der Waals surface area (Å²) in [5.74, 6) is -1.29. The third kappa shape index (κ3) is 7.83. The first kappa shape index (κ1) is 27.3. The van der Waals surface area contributed by atoms with Gasteiger partial charge < -0.3 is 10.2 Å². The average molecular weight is 492 g/mol. The predicted molar refractivity (Wildman–Crippen MR) is 132 cm³/mol. The van der Waals surface area contributed by atoms with Gasteiger partial charge in [0.1, 0.15) is 18.4 Å². The molecule has 2 amide bonds. The van der Waals surface area contributed by atoms with E-state index in [4.69, 9.17) is 0 Å². The number of aryl methyl sites for hydroxylation is 1. The predicted octanol–water partition coefficient (Wildman–Crippen LogP) is 3.62. The van der Waals surface area contributed by atoms with Gasteiger partial charge in [0.05, 0.1) is 11.9 Å². The summed E-state index contributed by atoms with van der Waals surface area (Å²) in [5, 5.41) is 2.90. The molecule has 186 valence electrons. The normalized spacial score (nSPS) is 12.7. The Labute approximate surface area is 202 Å². The third-order valence-corrected chi connectivity index (χ3v) is 6.29. The Bertz CT molecular complexity index is 1090. The zero-order chi connectivity index (χ0) is 25.7. The lowest BCUT2D eigenvalue weighted by Gasteiger charge is -2.34. The number of hydrogen-bond donors (Lipinski definition) is 1. The first-order valence-corrected chi connectivity index (χ1v) is 13.0. The number of rotatable bonds is 9. The van der Waals surface area contributed by atoms with E-state index in [0.717, 1.165) is 16.1 Å². The standard InChI is InChI=1S/C25H34FN3O4S/c1-7-22(24(31)27-25(3,4)5)28(16-19-10-12-20(26)13-11-19)23(30)17-29(34(6,32)33)21-14-8-18(2)9-15-21/h8-15,22H,7,16-17H2,1-6H3,(H,27,31)/t22-/m0/s1. The van der Waals surface area contributed by atoms with Crippen molar-refractivity contribution in [3.63, 3.8) is 0 Å². The van der Waals surface area contributed by atoms with Crippen LogP contribution in [0.4, 0.5) is 10.1 Å². The number of halogens is 1. The molecule has 0 aromatic heterocycles. The molecule has 0 heterocycles. The summed E-state index contributed by atoms with van der Waals surface area (Å²) >= 11 is 0. The summed E-state index contributed by atoms with van der Waals surface area (Å²) in [6.45, 7) is 8.74. The molecule has 34 heavy (non-hydrogen) atoms. The van der Waals surface area contributed by atoms with Crippen LogP contribution in [0.25, 0.3) is 0 Å². The van der Waals surface area contributed by atoms with Gasteiger partial charge in [-0.1, -0.05) is 36.8 Å². The van der Waals surface area contributed by atoms with Crippen LogP contribution in [-0.4, -0.2) is 49.5 Å². The second kappa shape index (κ2) is 11.0. The third-order valence-electron chi connectivity index (χ3n) is 5.15. The summed E-state index contributed by atoms with van der Waals surface area (Å²) < 4.78 is 39.6. The van der Waals surface area contributed by atoms with Crippen molar-refractivity contribution in [2.75, 3.05) is 17.1 Å². The Morgan fingerprint density at radius 3 is 2.06 bits per heavy atom. The molecule has 9 heteroatoms. The summed E-state index contributed by atoms with van der Waals surface area (Å²) in [4.78, 5) is 28.0. The van der Waals surface area contributed by atoms with Crippen LogP contribution in [-0.2, 0) is 26.2 Å². The molecule has 0 fully saturated rings. The van der Waals surface area contributed by atoms with Crippen LogP contribution in [0.1, 0.15) is 45.2 Å². The van der Waals surface area contributed by atoms with Crippen molar-refractivity contribution >= 4 is 27.5 Å². The lowest BCUT2D eigenvalue weighted by Crippen LogP contribution is -2.55. The number of carbonyl (C=O) groups is 2. The number of benzene rings is 2. The van der Waals surface area contributed by atoms with Gasteiger partial charge in [-0.2, -0.15) is 0 Å². The number of nitrogens with zero attached hydrogens (tertiary/aromatic N) is 2. The highest BCUT2D eigenvalue weighted by Gasteiger charge is 2.33. The van der Waals surface area contributed by atoms with Gasteiger partial charge in [0.25, 0.3) is 0 Å². The molecule has 0 aliphatic rings. The first-order chi connectivity index (χ1) is 15.7. The maximum atomic E-state index is 13.5. The van der Waals surface area contributed by atoms with E-state index in [0.29, 0.717) is 17.7 Å². The minimum absolute atomic E-state index is 0.0285. The molecule has 0 unspecified atom stereocenters. The van der Waals surface area contributed by atoms with Gasteiger partial charge in [-0.15, -0.1) is 0 Å². The monoisotopic (exact) mass is 491 g/mol. The van der Waals surface area contributed by atoms with Crippen molar-refractivity contribution in [2.24, 2.45) is 0 Å². The molecule has 2 aromatic carbocycles. The highest BCUT2D eigenvalue weighted by Crippen LogP contribution is 2.20. The Balaban J connectivity index is 2.43. The van der Waals surface area contributed by atoms with E-state index in [1.807, 2.05) is 27.7 Å². The van der Waals surface area contributed by atoms with Gasteiger partial charge in [-0.25, -0.2) is 12.8 Å². The van der Waals surface area contributed by atoms with Gasteiger partial charge >= 0.3 is 0 Å². The second-order valence-electron chi connectivity index (χ2n) is 9.42. The molecule has 0 saturated heterocycles. The molecule has 0 spiro atoms. The second-order valence-corrected chi connectivity index (χ2v) is 11.3. The van der Waals surface area contributed by atoms with Crippen LogP contribution in [0.5, 0.6) is 0 Å². The van der Waals surface area contributed by atoms with Crippen LogP contribution >= 0.6 is 0 Å². The molecule has 0 radical (unpaired) electrons. The van der Waals surface area contributed by atoms with Crippen LogP contribution in [0.2, 0.25) is 0 Å². The van der Waals surface area contributed by atoms with E-state index in [1.54, 1.807) is 31.2 Å². The fourth-order valence-electron chi connectivity index (χ4n) is 3.48. The van der Waals surface area contributed by atoms with E-state index in [1.165, 1.54) is 29.2 Å². The largest absolute Gasteiger partial charge is 0.350 e. The van der Waals surface area contributed by atoms with Crippen LogP contribution in [0.3, 0.4) is 0 Å². The maximum absolute atomic E-state index is 13.5. The fraction of sp³-hybridized carbons (Fsp3) is 0.440. The lowest BCUT2D eigenvalue weighted by atomic mass is 10.1. The molecule has 2 aromatic rings. The van der Waals surface area contributed by atoms with E-state index >= 15 is 0 Å². The Hall–Kier alpha value is -2.94. The molecule has 0 saturated carbocycles. The molecule has 1 atom stereocenters. The van der Waals surface area contributed by atoms with Crippen molar-refractivity contribution in [1.29, 1.82) is 0 Å². The Kier molecular flexibility index (Phi) is 8.83. The van der Waals surface area contributed by atoms with Crippen molar-refractivity contribution in [1.82, 2.24) is 10.2 Å². The van der Waals surface area contributed by atoms with Gasteiger partial charge in [-0.05, 0) is 63.9 Å². The summed E-state index contributed by atoms with van der Waals surface area (Å²) in [6, 6.07) is 11.6. The first-order valence-electron chi connectivity index (χ1n) is 11.1. The number of hydrogen-bond acceptors (Lipinski definition) is 4. The average Bonchev–Trinajstić information content (AvgIpc) is 2.72. The number of sulfonamides is 1. The van der Waals surface area contributed by atoms with Crippen molar-refractivity contribution in [2.45, 2.75) is 59.2 Å². The van der Waals surface area contributed by atoms with E-state index in [9.17, 15) is 22.4 Å². The van der Waals surface area contributed by atoms with Crippen molar-refractivity contribution < 1.29 is 22.4 Å². The molecular formula is C25H34FN3O4S. The summed E-state index contributed by atoms with van der Waals surface area (Å²) in [5.41, 5.74) is 1.41. The number of carbonyl (C=O) groups excluding carboxylic acids is 2. The zero-order valence-electron chi connectivity index (χ0n) is 20.6. The highest BCUT2D eigenvalue weighted by molar-refractivity contribution is 7.92. The molecule has 7 nitrogen and oxygen atoms in total. The SMILES string of the molecule is CC[C@@H](C(=O)NC(C)(C)C)N(Cc1ccc(F)cc1)C(=O)CN(c1ccc(C)cc1)S(C)(=O)=O. The topological polar surface area (TPSA) is 86.8 Å². The van der Waals surface area contributed by atoms with Crippen LogP contribution in [0.15, 0.2) is 48.5 Å². The molecule has 0 aliphatic carbocycles. The number of nitrogens with one attached hydrogen (secondary N) is 1. The minimum atomic E-state index is -3.78. The maximum Gasteiger partial charge on any atom is 0.244 e. The van der Waals surface area contributed by atoms with Gasteiger partial charge in [0, 0.05) is 12.1 Å². The smallest absolute Gasteiger partial charge is 0.244 e. The molecular weight excluding hydrogens is 457 g/mol. The zero-order valence-corrected chi connectivity index (χ0v) is 21.4. The van der Waals surface area contributed by atoms with E-state index in [-0.39, 0.29) is 12.5 Å². The minimum Gasteiger partial charge on any atom is -0.350 e. The molecule has 2 rings (SSSR count). The molecule has 0 aliphatic heterocycles. The Morgan fingerprint density at radius 1 is 1.03 bits per heavy atom. The van der Waals surface area contributed by atoms with Crippen LogP contribution < -0.4 is 9.62 Å². The van der Waals surface area contributed by atoms with Gasteiger partial charge in [0.15, 0.2) is 0 Å². The van der Waals surface area contributed by atoms with Crippen molar-refractivity contribution in [3.05, 3.63) is 65.5 Å². The summed E-state index contributed by atoms with van der Waals surface area (Å²) in [7, 11) is -3.78. The summed E-state index contributed by atoms with van der Waals surface area (Å²) in [6.07, 6.45) is 1.35. The molecule has 1 N–H and O–H groups in total. The lowest BCUT2D eigenvalue weighted by molar-refractivity contribution is -0.141. The van der Waals surface area contributed by atoms with Crippen LogP contribution in [0, 0.1) is 12.7 Å². The van der Waals surface area contributed by atoms with Gasteiger partial charge in [-0.3, -0.25) is 13.9 Å². The van der Waals surface area contributed by atoms with E-state index in [2.05, 4.69) is 5.32 Å². The van der Waals surface area contributed by atoms with E-state index < -0.39 is 39.9 Å². The molecule has 0 bridgehead atoms. The quantitative estimate of drug-likeness (QED) is 0.581.